The Bertz CT molecular complexity index is 714. The van der Waals surface area contributed by atoms with Crippen LogP contribution in [0.4, 0.5) is 0 Å². The van der Waals surface area contributed by atoms with Crippen LogP contribution in [0.25, 0.3) is 22.0 Å². The van der Waals surface area contributed by atoms with E-state index in [9.17, 15) is 4.79 Å². The first-order valence-corrected chi connectivity index (χ1v) is 4.69. The van der Waals surface area contributed by atoms with Crippen molar-refractivity contribution in [2.75, 3.05) is 0 Å². The van der Waals surface area contributed by atoms with Crippen LogP contribution < -0.4 is 5.76 Å². The summed E-state index contributed by atoms with van der Waals surface area (Å²) in [5.41, 5.74) is 1.72. The number of halogens is 1. The van der Waals surface area contributed by atoms with E-state index < -0.39 is 5.76 Å². The lowest BCUT2D eigenvalue weighted by Gasteiger charge is -1.98. The highest BCUT2D eigenvalue weighted by Gasteiger charge is 2.09. The number of hydrogen-bond donors (Lipinski definition) is 1. The molecule has 0 amide bonds. The van der Waals surface area contributed by atoms with Gasteiger partial charge in [0.15, 0.2) is 5.58 Å². The Hall–Kier alpha value is -1.81. The number of fused-ring (bicyclic) bond motifs is 3. The van der Waals surface area contributed by atoms with E-state index in [-0.39, 0.29) is 0 Å². The van der Waals surface area contributed by atoms with Crippen molar-refractivity contribution in [1.29, 1.82) is 0 Å². The molecule has 0 radical (unpaired) electrons. The summed E-state index contributed by atoms with van der Waals surface area (Å²) in [4.78, 5) is 17.8. The fourth-order valence-corrected chi connectivity index (χ4v) is 1.85. The molecule has 0 spiro atoms. The summed E-state index contributed by atoms with van der Waals surface area (Å²) >= 11 is 6.03. The van der Waals surface area contributed by atoms with Crippen LogP contribution in [0.2, 0.25) is 5.02 Å². The number of nitrogens with one attached hydrogen (secondary N) is 1. The first-order chi connectivity index (χ1) is 7.25. The molecule has 4 nitrogen and oxygen atoms in total. The molecular weight excluding hydrogens is 216 g/mol. The molecule has 5 heteroatoms. The molecule has 0 saturated carbocycles. The van der Waals surface area contributed by atoms with Gasteiger partial charge in [-0.3, -0.25) is 9.97 Å². The zero-order valence-corrected chi connectivity index (χ0v) is 8.21. The van der Waals surface area contributed by atoms with Crippen LogP contribution in [0.15, 0.2) is 33.6 Å². The van der Waals surface area contributed by atoms with E-state index in [2.05, 4.69) is 9.97 Å². The summed E-state index contributed by atoms with van der Waals surface area (Å²) in [6.45, 7) is 0. The van der Waals surface area contributed by atoms with Crippen molar-refractivity contribution in [3.8, 4) is 0 Å². The van der Waals surface area contributed by atoms with Gasteiger partial charge in [0.2, 0.25) is 0 Å². The van der Waals surface area contributed by atoms with Gasteiger partial charge >= 0.3 is 5.76 Å². The molecule has 74 valence electrons. The van der Waals surface area contributed by atoms with Gasteiger partial charge in [0.25, 0.3) is 0 Å². The molecule has 2 aromatic heterocycles. The van der Waals surface area contributed by atoms with E-state index in [1.165, 1.54) is 0 Å². The molecule has 3 aromatic rings. The van der Waals surface area contributed by atoms with Crippen molar-refractivity contribution >= 4 is 33.6 Å². The van der Waals surface area contributed by atoms with E-state index in [1.54, 1.807) is 18.3 Å². The molecule has 0 bridgehead atoms. The Kier molecular flexibility index (Phi) is 1.61. The SMILES string of the molecule is O=c1[nH]c2cnc3cccc(Cl)c3c2o1. The van der Waals surface area contributed by atoms with Crippen LogP contribution in [0.1, 0.15) is 0 Å². The van der Waals surface area contributed by atoms with Crippen LogP contribution >= 0.6 is 11.6 Å². The van der Waals surface area contributed by atoms with Gasteiger partial charge in [0.05, 0.1) is 22.1 Å². The van der Waals surface area contributed by atoms with Crippen molar-refractivity contribution in [3.63, 3.8) is 0 Å². The number of oxazole rings is 1. The Labute approximate surface area is 88.5 Å². The number of nitrogens with zero attached hydrogens (tertiary/aromatic N) is 1. The molecule has 0 aliphatic carbocycles. The summed E-state index contributed by atoms with van der Waals surface area (Å²) in [5, 5.41) is 1.18. The molecule has 0 unspecified atom stereocenters. The van der Waals surface area contributed by atoms with Crippen LogP contribution in [0, 0.1) is 0 Å². The molecule has 15 heavy (non-hydrogen) atoms. The van der Waals surface area contributed by atoms with E-state index >= 15 is 0 Å². The quantitative estimate of drug-likeness (QED) is 0.633. The molecular formula is C10H5ClN2O2. The highest BCUT2D eigenvalue weighted by Crippen LogP contribution is 2.27. The van der Waals surface area contributed by atoms with Crippen LogP contribution in [-0.4, -0.2) is 9.97 Å². The van der Waals surface area contributed by atoms with Crippen molar-refractivity contribution in [1.82, 2.24) is 9.97 Å². The average molecular weight is 221 g/mol. The number of aromatic nitrogens is 2. The van der Waals surface area contributed by atoms with E-state index in [1.807, 2.05) is 6.07 Å². The monoisotopic (exact) mass is 220 g/mol. The smallest absolute Gasteiger partial charge is 0.407 e. The summed E-state index contributed by atoms with van der Waals surface area (Å²) in [7, 11) is 0. The van der Waals surface area contributed by atoms with Gasteiger partial charge in [-0.05, 0) is 12.1 Å². The van der Waals surface area contributed by atoms with Gasteiger partial charge in [0.1, 0.15) is 5.52 Å². The highest BCUT2D eigenvalue weighted by molar-refractivity contribution is 6.37. The molecule has 0 saturated heterocycles. The summed E-state index contributed by atoms with van der Waals surface area (Å²) in [6.07, 6.45) is 1.55. The fraction of sp³-hybridized carbons (Fsp3) is 0. The summed E-state index contributed by atoms with van der Waals surface area (Å²) in [5.74, 6) is -0.501. The second kappa shape index (κ2) is 2.84. The normalized spacial score (nSPS) is 11.3. The van der Waals surface area contributed by atoms with Gasteiger partial charge in [-0.25, -0.2) is 4.79 Å². The third kappa shape index (κ3) is 1.15. The average Bonchev–Trinajstić information content (AvgIpc) is 2.58. The molecule has 1 N–H and O–H groups in total. The number of benzene rings is 1. The summed E-state index contributed by atoms with van der Waals surface area (Å²) < 4.78 is 5.03. The lowest BCUT2D eigenvalue weighted by molar-refractivity contribution is 0.558. The predicted molar refractivity (Wildman–Crippen MR) is 57.1 cm³/mol. The summed E-state index contributed by atoms with van der Waals surface area (Å²) in [6, 6.07) is 5.35. The van der Waals surface area contributed by atoms with Crippen LogP contribution in [-0.2, 0) is 0 Å². The fourth-order valence-electron chi connectivity index (χ4n) is 1.60. The molecule has 0 aliphatic heterocycles. The maximum atomic E-state index is 11.1. The van der Waals surface area contributed by atoms with Crippen molar-refractivity contribution in [2.24, 2.45) is 0 Å². The minimum Gasteiger partial charge on any atom is -0.407 e. The van der Waals surface area contributed by atoms with Gasteiger partial charge in [-0.2, -0.15) is 0 Å². The lowest BCUT2D eigenvalue weighted by Crippen LogP contribution is -1.92. The van der Waals surface area contributed by atoms with Gasteiger partial charge in [-0.1, -0.05) is 17.7 Å². The highest BCUT2D eigenvalue weighted by atomic mass is 35.5. The number of aromatic amines is 1. The number of pyridine rings is 1. The maximum Gasteiger partial charge on any atom is 0.417 e. The van der Waals surface area contributed by atoms with E-state index in [0.717, 1.165) is 0 Å². The van der Waals surface area contributed by atoms with Gasteiger partial charge < -0.3 is 4.42 Å². The zero-order valence-electron chi connectivity index (χ0n) is 7.45. The number of rotatable bonds is 0. The van der Waals surface area contributed by atoms with Gasteiger partial charge in [0, 0.05) is 0 Å². The number of H-pyrrole nitrogens is 1. The second-order valence-corrected chi connectivity index (χ2v) is 3.56. The third-order valence-corrected chi connectivity index (χ3v) is 2.54. The maximum absolute atomic E-state index is 11.1. The Morgan fingerprint density at radius 3 is 3.13 bits per heavy atom. The molecule has 0 aliphatic rings. The van der Waals surface area contributed by atoms with Crippen molar-refractivity contribution in [3.05, 3.63) is 40.0 Å². The van der Waals surface area contributed by atoms with Crippen molar-refractivity contribution < 1.29 is 4.42 Å². The van der Waals surface area contributed by atoms with Crippen molar-refractivity contribution in [2.45, 2.75) is 0 Å². The first-order valence-electron chi connectivity index (χ1n) is 4.32. The Morgan fingerprint density at radius 2 is 2.27 bits per heavy atom. The van der Waals surface area contributed by atoms with Gasteiger partial charge in [-0.15, -0.1) is 0 Å². The molecule has 0 atom stereocenters. The third-order valence-electron chi connectivity index (χ3n) is 2.23. The Morgan fingerprint density at radius 1 is 1.40 bits per heavy atom. The second-order valence-electron chi connectivity index (χ2n) is 3.15. The minimum absolute atomic E-state index is 0.454. The largest absolute Gasteiger partial charge is 0.417 e. The topological polar surface area (TPSA) is 58.9 Å². The molecule has 0 fully saturated rings. The number of hydrogen-bond acceptors (Lipinski definition) is 3. The predicted octanol–water partition coefficient (Wildman–Crippen LogP) is 2.32. The van der Waals surface area contributed by atoms with E-state index in [0.29, 0.717) is 27.0 Å². The first kappa shape index (κ1) is 8.49. The van der Waals surface area contributed by atoms with E-state index in [4.69, 9.17) is 16.0 Å². The molecule has 1 aromatic carbocycles. The standard InChI is InChI=1S/C10H5ClN2O2/c11-5-2-1-3-6-8(5)9-7(4-12-6)13-10(14)15-9/h1-4H,(H,13,14). The molecule has 3 rings (SSSR count). The lowest BCUT2D eigenvalue weighted by atomic mass is 10.2. The Balaban J connectivity index is 2.68. The van der Waals surface area contributed by atoms with Crippen LogP contribution in [0.3, 0.4) is 0 Å². The van der Waals surface area contributed by atoms with Crippen LogP contribution in [0.5, 0.6) is 0 Å². The minimum atomic E-state index is -0.501. The zero-order chi connectivity index (χ0) is 10.4. The molecule has 2 heterocycles.